The SMILES string of the molecule is CCN(Cc1cccc(N)c1)C(=O)Cc1cccs1. The summed E-state index contributed by atoms with van der Waals surface area (Å²) in [6, 6.07) is 11.7. The highest BCUT2D eigenvalue weighted by Gasteiger charge is 2.13. The number of benzene rings is 1. The fourth-order valence-electron chi connectivity index (χ4n) is 1.96. The van der Waals surface area contributed by atoms with E-state index in [-0.39, 0.29) is 5.91 Å². The number of amides is 1. The van der Waals surface area contributed by atoms with E-state index >= 15 is 0 Å². The van der Waals surface area contributed by atoms with Gasteiger partial charge in [0.25, 0.3) is 0 Å². The molecule has 1 aromatic carbocycles. The third-order valence-corrected chi connectivity index (χ3v) is 3.84. The molecule has 0 radical (unpaired) electrons. The monoisotopic (exact) mass is 274 g/mol. The minimum Gasteiger partial charge on any atom is -0.399 e. The molecule has 0 unspecified atom stereocenters. The highest BCUT2D eigenvalue weighted by atomic mass is 32.1. The average Bonchev–Trinajstić information content (AvgIpc) is 2.88. The van der Waals surface area contributed by atoms with Crippen LogP contribution in [0.3, 0.4) is 0 Å². The first-order valence-corrected chi connectivity index (χ1v) is 7.21. The van der Waals surface area contributed by atoms with E-state index in [2.05, 4.69) is 0 Å². The number of nitrogens with two attached hydrogens (primary N) is 1. The summed E-state index contributed by atoms with van der Waals surface area (Å²) < 4.78 is 0. The summed E-state index contributed by atoms with van der Waals surface area (Å²) in [4.78, 5) is 15.2. The molecular weight excluding hydrogens is 256 g/mol. The average molecular weight is 274 g/mol. The van der Waals surface area contributed by atoms with E-state index in [9.17, 15) is 4.79 Å². The topological polar surface area (TPSA) is 46.3 Å². The number of carbonyl (C=O) groups is 1. The zero-order valence-corrected chi connectivity index (χ0v) is 11.8. The lowest BCUT2D eigenvalue weighted by atomic mass is 10.2. The zero-order valence-electron chi connectivity index (χ0n) is 11.0. The van der Waals surface area contributed by atoms with Crippen LogP contribution in [0, 0.1) is 0 Å². The molecule has 1 aromatic heterocycles. The zero-order chi connectivity index (χ0) is 13.7. The van der Waals surface area contributed by atoms with E-state index in [1.807, 2.05) is 53.6 Å². The van der Waals surface area contributed by atoms with Gasteiger partial charge in [-0.1, -0.05) is 18.2 Å². The Morgan fingerprint density at radius 2 is 2.16 bits per heavy atom. The minimum absolute atomic E-state index is 0.160. The lowest BCUT2D eigenvalue weighted by Gasteiger charge is -2.21. The predicted molar refractivity (Wildman–Crippen MR) is 80.0 cm³/mol. The van der Waals surface area contributed by atoms with Gasteiger partial charge >= 0.3 is 0 Å². The first kappa shape index (κ1) is 13.6. The molecule has 0 spiro atoms. The number of nitrogen functional groups attached to an aromatic ring is 1. The summed E-state index contributed by atoms with van der Waals surface area (Å²) in [7, 11) is 0. The van der Waals surface area contributed by atoms with Gasteiger partial charge in [0, 0.05) is 23.7 Å². The second-order valence-corrected chi connectivity index (χ2v) is 5.44. The molecule has 0 aliphatic rings. The van der Waals surface area contributed by atoms with Crippen molar-refractivity contribution >= 4 is 22.9 Å². The van der Waals surface area contributed by atoms with Crippen LogP contribution in [0.5, 0.6) is 0 Å². The van der Waals surface area contributed by atoms with Crippen LogP contribution in [-0.2, 0) is 17.8 Å². The van der Waals surface area contributed by atoms with Gasteiger partial charge in [-0.2, -0.15) is 0 Å². The van der Waals surface area contributed by atoms with Crippen molar-refractivity contribution < 1.29 is 4.79 Å². The molecule has 3 nitrogen and oxygen atoms in total. The molecule has 0 aliphatic heterocycles. The molecule has 19 heavy (non-hydrogen) atoms. The third kappa shape index (κ3) is 3.83. The van der Waals surface area contributed by atoms with Gasteiger partial charge in [0.15, 0.2) is 0 Å². The van der Waals surface area contributed by atoms with E-state index in [1.165, 1.54) is 0 Å². The van der Waals surface area contributed by atoms with E-state index in [1.54, 1.807) is 11.3 Å². The normalized spacial score (nSPS) is 10.4. The predicted octanol–water partition coefficient (Wildman–Crippen LogP) is 2.92. The van der Waals surface area contributed by atoms with Gasteiger partial charge in [-0.25, -0.2) is 0 Å². The molecule has 1 heterocycles. The van der Waals surface area contributed by atoms with Crippen LogP contribution in [0.1, 0.15) is 17.4 Å². The number of anilines is 1. The van der Waals surface area contributed by atoms with Gasteiger partial charge < -0.3 is 10.6 Å². The Kier molecular flexibility index (Phi) is 4.58. The fraction of sp³-hybridized carbons (Fsp3) is 0.267. The van der Waals surface area contributed by atoms with Crippen molar-refractivity contribution in [1.29, 1.82) is 0 Å². The van der Waals surface area contributed by atoms with Crippen molar-refractivity contribution in [2.45, 2.75) is 19.9 Å². The van der Waals surface area contributed by atoms with Crippen molar-refractivity contribution in [3.63, 3.8) is 0 Å². The smallest absolute Gasteiger partial charge is 0.228 e. The van der Waals surface area contributed by atoms with Crippen LogP contribution in [-0.4, -0.2) is 17.4 Å². The maximum atomic E-state index is 12.2. The number of hydrogen-bond donors (Lipinski definition) is 1. The molecular formula is C15H18N2OS. The molecule has 0 aliphatic carbocycles. The quantitative estimate of drug-likeness (QED) is 0.852. The molecule has 0 saturated carbocycles. The second-order valence-electron chi connectivity index (χ2n) is 4.41. The number of nitrogens with zero attached hydrogens (tertiary/aromatic N) is 1. The van der Waals surface area contributed by atoms with Gasteiger partial charge in [-0.3, -0.25) is 4.79 Å². The van der Waals surface area contributed by atoms with Crippen LogP contribution in [0.2, 0.25) is 0 Å². The number of likely N-dealkylation sites (N-methyl/N-ethyl adjacent to an activating group) is 1. The summed E-state index contributed by atoms with van der Waals surface area (Å²) in [6.45, 7) is 3.32. The maximum Gasteiger partial charge on any atom is 0.228 e. The number of rotatable bonds is 5. The number of carbonyl (C=O) groups excluding carboxylic acids is 1. The lowest BCUT2D eigenvalue weighted by molar-refractivity contribution is -0.130. The van der Waals surface area contributed by atoms with Crippen molar-refractivity contribution in [2.75, 3.05) is 12.3 Å². The van der Waals surface area contributed by atoms with E-state index in [4.69, 9.17) is 5.73 Å². The highest BCUT2D eigenvalue weighted by Crippen LogP contribution is 2.13. The maximum absolute atomic E-state index is 12.2. The third-order valence-electron chi connectivity index (χ3n) is 2.96. The first-order valence-electron chi connectivity index (χ1n) is 6.33. The molecule has 100 valence electrons. The molecule has 2 rings (SSSR count). The Morgan fingerprint density at radius 1 is 1.32 bits per heavy atom. The molecule has 2 aromatic rings. The molecule has 2 N–H and O–H groups in total. The van der Waals surface area contributed by atoms with Crippen LogP contribution in [0.25, 0.3) is 0 Å². The molecule has 1 amide bonds. The second kappa shape index (κ2) is 6.38. The minimum atomic E-state index is 0.160. The summed E-state index contributed by atoms with van der Waals surface area (Å²) in [6.07, 6.45) is 0.480. The summed E-state index contributed by atoms with van der Waals surface area (Å²) in [5, 5.41) is 2.00. The Bertz CT molecular complexity index is 537. The molecule has 0 saturated heterocycles. The van der Waals surface area contributed by atoms with Gasteiger partial charge in [0.1, 0.15) is 0 Å². The van der Waals surface area contributed by atoms with Crippen molar-refractivity contribution in [3.8, 4) is 0 Å². The lowest BCUT2D eigenvalue weighted by Crippen LogP contribution is -2.31. The Morgan fingerprint density at radius 3 is 2.79 bits per heavy atom. The van der Waals surface area contributed by atoms with Crippen molar-refractivity contribution in [1.82, 2.24) is 4.90 Å². The van der Waals surface area contributed by atoms with Gasteiger partial charge in [0.2, 0.25) is 5.91 Å². The van der Waals surface area contributed by atoms with Crippen LogP contribution >= 0.6 is 11.3 Å². The van der Waals surface area contributed by atoms with Gasteiger partial charge in [-0.15, -0.1) is 11.3 Å². The Labute approximate surface area is 117 Å². The van der Waals surface area contributed by atoms with Gasteiger partial charge in [0.05, 0.1) is 6.42 Å². The van der Waals surface area contributed by atoms with Crippen LogP contribution < -0.4 is 5.73 Å². The number of hydrogen-bond acceptors (Lipinski definition) is 3. The molecule has 4 heteroatoms. The van der Waals surface area contributed by atoms with Crippen molar-refractivity contribution in [2.24, 2.45) is 0 Å². The van der Waals surface area contributed by atoms with Crippen LogP contribution in [0.4, 0.5) is 5.69 Å². The fourth-order valence-corrected chi connectivity index (χ4v) is 2.66. The first-order chi connectivity index (χ1) is 9.19. The molecule has 0 atom stereocenters. The van der Waals surface area contributed by atoms with Crippen LogP contribution in [0.15, 0.2) is 41.8 Å². The van der Waals surface area contributed by atoms with E-state index in [0.717, 1.165) is 16.1 Å². The van der Waals surface area contributed by atoms with Gasteiger partial charge in [-0.05, 0) is 36.1 Å². The van der Waals surface area contributed by atoms with Crippen molar-refractivity contribution in [3.05, 3.63) is 52.2 Å². The van der Waals surface area contributed by atoms with E-state index < -0.39 is 0 Å². The largest absolute Gasteiger partial charge is 0.399 e. The Balaban J connectivity index is 2.01. The summed E-state index contributed by atoms with van der Waals surface area (Å²) >= 11 is 1.62. The Hall–Kier alpha value is -1.81. The standard InChI is InChI=1S/C15H18N2OS/c1-2-17(11-12-5-3-6-13(16)9-12)15(18)10-14-7-4-8-19-14/h3-9H,2,10-11,16H2,1H3. The molecule has 0 bridgehead atoms. The summed E-state index contributed by atoms with van der Waals surface area (Å²) in [5.74, 6) is 0.160. The number of thiophene rings is 1. The van der Waals surface area contributed by atoms with E-state index in [0.29, 0.717) is 19.5 Å². The summed E-state index contributed by atoms with van der Waals surface area (Å²) in [5.41, 5.74) is 7.57. The molecule has 0 fully saturated rings. The highest BCUT2D eigenvalue weighted by molar-refractivity contribution is 7.10.